The predicted molar refractivity (Wildman–Crippen MR) is 61.7 cm³/mol. The van der Waals surface area contributed by atoms with Crippen molar-refractivity contribution in [3.8, 4) is 0 Å². The Hall–Kier alpha value is -2.24. The second-order valence-electron chi connectivity index (χ2n) is 4.59. The van der Waals surface area contributed by atoms with Gasteiger partial charge in [-0.15, -0.1) is 0 Å². The number of amides is 4. The number of barbiturate groups is 1. The quantitative estimate of drug-likeness (QED) is 0.740. The standard InChI is InChI=1S/C12H11N3O3/c1-7-8(3-2-6-13-7)15-10(17)12(4-5-12)9(16)14-11(15)18/h2-3,6H,4-5H2,1H3,(H,14,16,18). The molecule has 4 amide bonds. The van der Waals surface area contributed by atoms with Crippen LogP contribution in [0.5, 0.6) is 0 Å². The zero-order valence-electron chi connectivity index (χ0n) is 9.77. The first kappa shape index (κ1) is 10.9. The summed E-state index contributed by atoms with van der Waals surface area (Å²) in [7, 11) is 0. The van der Waals surface area contributed by atoms with Crippen LogP contribution >= 0.6 is 0 Å². The number of rotatable bonds is 1. The van der Waals surface area contributed by atoms with Crippen LogP contribution in [0.3, 0.4) is 0 Å². The molecule has 3 rings (SSSR count). The number of imide groups is 2. The lowest BCUT2D eigenvalue weighted by Crippen LogP contribution is -2.59. The van der Waals surface area contributed by atoms with Crippen LogP contribution in [0.25, 0.3) is 0 Å². The summed E-state index contributed by atoms with van der Waals surface area (Å²) in [6, 6.07) is 2.60. The smallest absolute Gasteiger partial charge is 0.276 e. The number of hydrogen-bond acceptors (Lipinski definition) is 4. The van der Waals surface area contributed by atoms with Gasteiger partial charge in [0.25, 0.3) is 5.91 Å². The molecule has 6 nitrogen and oxygen atoms in total. The Kier molecular flexibility index (Phi) is 2.04. The third-order valence-corrected chi connectivity index (χ3v) is 3.44. The molecule has 92 valence electrons. The maximum Gasteiger partial charge on any atom is 0.335 e. The van der Waals surface area contributed by atoms with E-state index in [9.17, 15) is 14.4 Å². The molecule has 6 heteroatoms. The van der Waals surface area contributed by atoms with Crippen molar-refractivity contribution in [3.63, 3.8) is 0 Å². The topological polar surface area (TPSA) is 79.4 Å². The predicted octanol–water partition coefficient (Wildman–Crippen LogP) is 0.753. The lowest BCUT2D eigenvalue weighted by molar-refractivity contribution is -0.136. The largest absolute Gasteiger partial charge is 0.335 e. The van der Waals surface area contributed by atoms with Gasteiger partial charge in [0.15, 0.2) is 0 Å². The second kappa shape index (κ2) is 3.38. The molecule has 0 bridgehead atoms. The SMILES string of the molecule is Cc1ncccc1N1C(=O)NC(=O)C2(CC2)C1=O. The van der Waals surface area contributed by atoms with Crippen LogP contribution in [-0.4, -0.2) is 22.8 Å². The van der Waals surface area contributed by atoms with Crippen LogP contribution < -0.4 is 10.2 Å². The summed E-state index contributed by atoms with van der Waals surface area (Å²) in [5.41, 5.74) is -0.0131. The number of carbonyl (C=O) groups is 3. The van der Waals surface area contributed by atoms with Crippen molar-refractivity contribution in [1.82, 2.24) is 10.3 Å². The molecule has 1 spiro atoms. The number of aromatic nitrogens is 1. The molecule has 1 aliphatic heterocycles. The van der Waals surface area contributed by atoms with Crippen LogP contribution in [0.1, 0.15) is 18.5 Å². The van der Waals surface area contributed by atoms with Crippen LogP contribution in [0.4, 0.5) is 10.5 Å². The van der Waals surface area contributed by atoms with E-state index in [0.29, 0.717) is 24.2 Å². The lowest BCUT2D eigenvalue weighted by Gasteiger charge is -2.30. The zero-order chi connectivity index (χ0) is 12.9. The van der Waals surface area contributed by atoms with Gasteiger partial charge in [-0.3, -0.25) is 19.9 Å². The minimum atomic E-state index is -1.02. The zero-order valence-corrected chi connectivity index (χ0v) is 9.77. The summed E-state index contributed by atoms with van der Waals surface area (Å²) in [4.78, 5) is 40.9. The average Bonchev–Trinajstić information content (AvgIpc) is 3.11. The number of pyridine rings is 1. The molecule has 2 heterocycles. The van der Waals surface area contributed by atoms with Gasteiger partial charge in [0.05, 0.1) is 11.4 Å². The molecule has 1 saturated carbocycles. The van der Waals surface area contributed by atoms with E-state index in [4.69, 9.17) is 0 Å². The Morgan fingerprint density at radius 3 is 2.67 bits per heavy atom. The molecule has 0 aromatic carbocycles. The summed E-state index contributed by atoms with van der Waals surface area (Å²) in [5.74, 6) is -0.914. The maximum atomic E-state index is 12.3. The number of anilines is 1. The molecule has 0 radical (unpaired) electrons. The van der Waals surface area contributed by atoms with Crippen molar-refractivity contribution in [3.05, 3.63) is 24.0 Å². The highest BCUT2D eigenvalue weighted by Crippen LogP contribution is 2.49. The Morgan fingerprint density at radius 2 is 2.06 bits per heavy atom. The molecule has 2 fully saturated rings. The van der Waals surface area contributed by atoms with E-state index in [1.807, 2.05) is 0 Å². The monoisotopic (exact) mass is 245 g/mol. The summed E-state index contributed by atoms with van der Waals surface area (Å²) in [6.07, 6.45) is 2.59. The van der Waals surface area contributed by atoms with Crippen LogP contribution in [-0.2, 0) is 9.59 Å². The number of nitrogens with one attached hydrogen (secondary N) is 1. The second-order valence-corrected chi connectivity index (χ2v) is 4.59. The van der Waals surface area contributed by atoms with E-state index >= 15 is 0 Å². The van der Waals surface area contributed by atoms with Crippen molar-refractivity contribution in [2.24, 2.45) is 5.41 Å². The third kappa shape index (κ3) is 1.28. The van der Waals surface area contributed by atoms with Gasteiger partial charge in [0.2, 0.25) is 5.91 Å². The molecular weight excluding hydrogens is 234 g/mol. The van der Waals surface area contributed by atoms with Gasteiger partial charge in [-0.25, -0.2) is 9.69 Å². The first-order valence-corrected chi connectivity index (χ1v) is 5.68. The van der Waals surface area contributed by atoms with E-state index in [2.05, 4.69) is 10.3 Å². The molecular formula is C12H11N3O3. The van der Waals surface area contributed by atoms with E-state index < -0.39 is 23.3 Å². The van der Waals surface area contributed by atoms with Gasteiger partial charge in [0, 0.05) is 6.20 Å². The minimum absolute atomic E-state index is 0.429. The fourth-order valence-corrected chi connectivity index (χ4v) is 2.17. The van der Waals surface area contributed by atoms with E-state index in [0.717, 1.165) is 4.90 Å². The first-order chi connectivity index (χ1) is 8.56. The molecule has 1 aliphatic carbocycles. The van der Waals surface area contributed by atoms with Crippen molar-refractivity contribution < 1.29 is 14.4 Å². The van der Waals surface area contributed by atoms with Crippen molar-refractivity contribution in [2.45, 2.75) is 19.8 Å². The molecule has 1 aromatic rings. The molecule has 0 unspecified atom stereocenters. The fraction of sp³-hybridized carbons (Fsp3) is 0.333. The highest BCUT2D eigenvalue weighted by Gasteiger charge is 2.62. The number of hydrogen-bond donors (Lipinski definition) is 1. The summed E-state index contributed by atoms with van der Waals surface area (Å²) in [6.45, 7) is 1.71. The first-order valence-electron chi connectivity index (χ1n) is 5.68. The van der Waals surface area contributed by atoms with Gasteiger partial charge in [-0.1, -0.05) is 0 Å². The highest BCUT2D eigenvalue weighted by molar-refractivity contribution is 6.31. The molecule has 1 aromatic heterocycles. The van der Waals surface area contributed by atoms with E-state index in [1.54, 1.807) is 25.3 Å². The van der Waals surface area contributed by atoms with Crippen molar-refractivity contribution in [1.29, 1.82) is 0 Å². The number of aryl methyl sites for hydroxylation is 1. The van der Waals surface area contributed by atoms with Crippen molar-refractivity contribution >= 4 is 23.5 Å². The van der Waals surface area contributed by atoms with Gasteiger partial charge in [-0.2, -0.15) is 0 Å². The molecule has 0 atom stereocenters. The maximum absolute atomic E-state index is 12.3. The van der Waals surface area contributed by atoms with Gasteiger partial charge in [-0.05, 0) is 31.9 Å². The van der Waals surface area contributed by atoms with Gasteiger partial charge in [0.1, 0.15) is 5.41 Å². The number of nitrogens with zero attached hydrogens (tertiary/aromatic N) is 2. The van der Waals surface area contributed by atoms with Crippen molar-refractivity contribution in [2.75, 3.05) is 4.90 Å². The van der Waals surface area contributed by atoms with E-state index in [-0.39, 0.29) is 0 Å². The van der Waals surface area contributed by atoms with E-state index in [1.165, 1.54) is 0 Å². The normalized spacial score (nSPS) is 21.2. The molecule has 1 saturated heterocycles. The lowest BCUT2D eigenvalue weighted by atomic mass is 10.0. The summed E-state index contributed by atoms with van der Waals surface area (Å²) < 4.78 is 0. The highest BCUT2D eigenvalue weighted by atomic mass is 16.2. The summed E-state index contributed by atoms with van der Waals surface area (Å²) in [5, 5.41) is 2.24. The van der Waals surface area contributed by atoms with Crippen LogP contribution in [0.2, 0.25) is 0 Å². The Labute approximate surface area is 103 Å². The molecule has 1 N–H and O–H groups in total. The van der Waals surface area contributed by atoms with Crippen LogP contribution in [0.15, 0.2) is 18.3 Å². The third-order valence-electron chi connectivity index (χ3n) is 3.44. The van der Waals surface area contributed by atoms with Gasteiger partial charge >= 0.3 is 6.03 Å². The Bertz CT molecular complexity index is 578. The van der Waals surface area contributed by atoms with Crippen LogP contribution in [0, 0.1) is 12.3 Å². The number of urea groups is 1. The Morgan fingerprint density at radius 1 is 1.33 bits per heavy atom. The molecule has 18 heavy (non-hydrogen) atoms. The summed E-state index contributed by atoms with van der Waals surface area (Å²) >= 11 is 0. The fourth-order valence-electron chi connectivity index (χ4n) is 2.17. The number of carbonyl (C=O) groups excluding carboxylic acids is 3. The minimum Gasteiger partial charge on any atom is -0.276 e. The average molecular weight is 245 g/mol. The van der Waals surface area contributed by atoms with Gasteiger partial charge < -0.3 is 0 Å². The molecule has 2 aliphatic rings. The Balaban J connectivity index is 2.06.